The van der Waals surface area contributed by atoms with Crippen molar-refractivity contribution >= 4 is 55.7 Å². The molecule has 0 aliphatic heterocycles. The number of rotatable bonds is 7. The third kappa shape index (κ3) is 5.49. The summed E-state index contributed by atoms with van der Waals surface area (Å²) in [6.07, 6.45) is 0. The first-order valence-electron chi connectivity index (χ1n) is 19.1. The van der Waals surface area contributed by atoms with E-state index >= 15 is 0 Å². The molecule has 9 aromatic carbocycles. The molecule has 1 aliphatic rings. The summed E-state index contributed by atoms with van der Waals surface area (Å²) in [5.41, 5.74) is 14.4. The molecule has 2 heteroatoms. The Balaban J connectivity index is 1.14. The second kappa shape index (κ2) is 13.2. The first kappa shape index (κ1) is 32.7. The minimum absolute atomic E-state index is 0.240. The van der Waals surface area contributed by atoms with Crippen LogP contribution in [0.2, 0.25) is 0 Å². The molecule has 0 bridgehead atoms. The van der Waals surface area contributed by atoms with Crippen LogP contribution in [0.25, 0.3) is 43.8 Å². The van der Waals surface area contributed by atoms with Gasteiger partial charge in [-0.25, -0.2) is 0 Å². The molecule has 0 heterocycles. The second-order valence-corrected chi connectivity index (χ2v) is 15.0. The Labute approximate surface area is 323 Å². The predicted octanol–water partition coefficient (Wildman–Crippen LogP) is 14.9. The fourth-order valence-electron chi connectivity index (χ4n) is 8.85. The third-order valence-electron chi connectivity index (χ3n) is 11.4. The highest BCUT2D eigenvalue weighted by Crippen LogP contribution is 2.56. The largest absolute Gasteiger partial charge is 0.310 e. The van der Waals surface area contributed by atoms with Crippen molar-refractivity contribution in [1.29, 1.82) is 0 Å². The van der Waals surface area contributed by atoms with Gasteiger partial charge in [-0.1, -0.05) is 147 Å². The molecule has 55 heavy (non-hydrogen) atoms. The lowest BCUT2D eigenvalue weighted by molar-refractivity contribution is 0.666. The van der Waals surface area contributed by atoms with Crippen molar-refractivity contribution in [3.63, 3.8) is 0 Å². The molecule has 0 unspecified atom stereocenters. The molecule has 0 atom stereocenters. The molecule has 2 nitrogen and oxygen atoms in total. The van der Waals surface area contributed by atoms with E-state index in [1.807, 2.05) is 0 Å². The van der Waals surface area contributed by atoms with Crippen molar-refractivity contribution in [3.8, 4) is 22.3 Å². The van der Waals surface area contributed by atoms with Crippen molar-refractivity contribution in [1.82, 2.24) is 0 Å². The summed E-state index contributed by atoms with van der Waals surface area (Å²) in [5.74, 6) is 0. The highest BCUT2D eigenvalue weighted by Gasteiger charge is 2.39. The average Bonchev–Trinajstić information content (AvgIpc) is 3.49. The lowest BCUT2D eigenvalue weighted by Gasteiger charge is -2.29. The topological polar surface area (TPSA) is 6.48 Å². The van der Waals surface area contributed by atoms with Crippen LogP contribution in [0.5, 0.6) is 0 Å². The van der Waals surface area contributed by atoms with Gasteiger partial charge in [0.2, 0.25) is 0 Å². The molecule has 0 saturated carbocycles. The van der Waals surface area contributed by atoms with Crippen molar-refractivity contribution < 1.29 is 0 Å². The van der Waals surface area contributed by atoms with Crippen LogP contribution in [0.3, 0.4) is 0 Å². The lowest BCUT2D eigenvalue weighted by atomic mass is 9.79. The average molecular weight is 705 g/mol. The van der Waals surface area contributed by atoms with Crippen molar-refractivity contribution in [2.45, 2.75) is 19.3 Å². The zero-order valence-corrected chi connectivity index (χ0v) is 31.0. The summed E-state index contributed by atoms with van der Waals surface area (Å²) in [7, 11) is 0. The Bertz CT molecular complexity index is 2770. The van der Waals surface area contributed by atoms with Gasteiger partial charge in [0.25, 0.3) is 0 Å². The molecule has 0 aromatic heterocycles. The van der Waals surface area contributed by atoms with Crippen LogP contribution in [0.1, 0.15) is 25.0 Å². The van der Waals surface area contributed by atoms with Crippen LogP contribution in [0, 0.1) is 0 Å². The molecular weight excluding hydrogens is 665 g/mol. The normalized spacial score (nSPS) is 12.7. The lowest BCUT2D eigenvalue weighted by Crippen LogP contribution is -2.17. The minimum atomic E-state index is -0.240. The minimum Gasteiger partial charge on any atom is -0.310 e. The Morgan fingerprint density at radius 1 is 0.327 bits per heavy atom. The van der Waals surface area contributed by atoms with E-state index in [1.54, 1.807) is 0 Å². The molecule has 0 fully saturated rings. The maximum atomic E-state index is 2.43. The highest BCUT2D eigenvalue weighted by atomic mass is 15.1. The SMILES string of the molecule is CC1(C)c2cc(N(c3ccccc3)c3ccccc3)ccc2-c2c1c1ccc(N(c3ccccc3)c3ccc(-c4ccccc4)cc3)cc1c1ccccc21. The van der Waals surface area contributed by atoms with E-state index in [9.17, 15) is 0 Å². The van der Waals surface area contributed by atoms with Gasteiger partial charge >= 0.3 is 0 Å². The summed E-state index contributed by atoms with van der Waals surface area (Å²) in [6.45, 7) is 4.81. The van der Waals surface area contributed by atoms with Crippen LogP contribution in [0.4, 0.5) is 34.1 Å². The van der Waals surface area contributed by atoms with Gasteiger partial charge in [0.05, 0.1) is 0 Å². The van der Waals surface area contributed by atoms with Gasteiger partial charge in [-0.05, 0) is 128 Å². The molecule has 0 amide bonds. The van der Waals surface area contributed by atoms with Gasteiger partial charge in [-0.3, -0.25) is 0 Å². The van der Waals surface area contributed by atoms with Crippen LogP contribution < -0.4 is 9.80 Å². The first-order valence-corrected chi connectivity index (χ1v) is 19.1. The van der Waals surface area contributed by atoms with Crippen molar-refractivity contribution in [2.24, 2.45) is 0 Å². The van der Waals surface area contributed by atoms with E-state index in [2.05, 4.69) is 230 Å². The van der Waals surface area contributed by atoms with Gasteiger partial charge < -0.3 is 9.80 Å². The van der Waals surface area contributed by atoms with E-state index in [0.29, 0.717) is 0 Å². The van der Waals surface area contributed by atoms with Gasteiger partial charge in [0.15, 0.2) is 0 Å². The second-order valence-electron chi connectivity index (χ2n) is 15.0. The number of hydrogen-bond acceptors (Lipinski definition) is 2. The molecular formula is C53H40N2. The Hall–Kier alpha value is -6.90. The van der Waals surface area contributed by atoms with E-state index in [-0.39, 0.29) is 5.41 Å². The molecule has 1 aliphatic carbocycles. The van der Waals surface area contributed by atoms with Crippen LogP contribution in [0.15, 0.2) is 206 Å². The monoisotopic (exact) mass is 704 g/mol. The molecule has 0 spiro atoms. The maximum absolute atomic E-state index is 2.43. The molecule has 9 aromatic rings. The summed E-state index contributed by atoms with van der Waals surface area (Å²) in [6, 6.07) is 74.8. The highest BCUT2D eigenvalue weighted by molar-refractivity contribution is 6.19. The number of nitrogens with zero attached hydrogens (tertiary/aromatic N) is 2. The number of fused-ring (bicyclic) bond motifs is 8. The summed E-state index contributed by atoms with van der Waals surface area (Å²) >= 11 is 0. The summed E-state index contributed by atoms with van der Waals surface area (Å²) < 4.78 is 0. The van der Waals surface area contributed by atoms with Gasteiger partial charge in [0, 0.05) is 39.5 Å². The Morgan fingerprint density at radius 3 is 1.35 bits per heavy atom. The first-order chi connectivity index (χ1) is 27.1. The molecule has 0 saturated heterocycles. The standard InChI is InChI=1S/C53H40N2/c1-53(2)50-36-44(54(39-19-9-4-10-20-39)40-21-11-5-12-22-40)32-34-48(50)51-46-26-16-15-25-45(46)49-35-43(31-33-47(49)52(51)53)55(41-23-13-6-14-24-41)42-29-27-38(28-30-42)37-17-7-3-8-18-37/h3-36H,1-2H3. The number of benzene rings is 9. The number of hydrogen-bond donors (Lipinski definition) is 0. The fourth-order valence-corrected chi connectivity index (χ4v) is 8.85. The number of para-hydroxylation sites is 3. The molecule has 0 N–H and O–H groups in total. The third-order valence-corrected chi connectivity index (χ3v) is 11.4. The quantitative estimate of drug-likeness (QED) is 0.152. The summed E-state index contributed by atoms with van der Waals surface area (Å²) in [4.78, 5) is 4.75. The maximum Gasteiger partial charge on any atom is 0.0468 e. The number of anilines is 6. The van der Waals surface area contributed by atoms with Crippen molar-refractivity contribution in [3.05, 3.63) is 217 Å². The predicted molar refractivity (Wildman–Crippen MR) is 234 cm³/mol. The molecule has 262 valence electrons. The Morgan fingerprint density at radius 2 is 0.764 bits per heavy atom. The molecule has 0 radical (unpaired) electrons. The molecule has 10 rings (SSSR count). The van der Waals surface area contributed by atoms with E-state index in [1.165, 1.54) is 54.9 Å². The van der Waals surface area contributed by atoms with E-state index in [0.717, 1.165) is 34.1 Å². The van der Waals surface area contributed by atoms with Crippen LogP contribution in [-0.4, -0.2) is 0 Å². The smallest absolute Gasteiger partial charge is 0.0468 e. The summed E-state index contributed by atoms with van der Waals surface area (Å²) in [5, 5.41) is 5.14. The van der Waals surface area contributed by atoms with Crippen LogP contribution in [-0.2, 0) is 5.41 Å². The van der Waals surface area contributed by atoms with E-state index in [4.69, 9.17) is 0 Å². The van der Waals surface area contributed by atoms with Crippen molar-refractivity contribution in [2.75, 3.05) is 9.80 Å². The zero-order chi connectivity index (χ0) is 36.9. The van der Waals surface area contributed by atoms with Gasteiger partial charge in [-0.15, -0.1) is 0 Å². The van der Waals surface area contributed by atoms with Crippen LogP contribution >= 0.6 is 0 Å². The van der Waals surface area contributed by atoms with Gasteiger partial charge in [0.1, 0.15) is 0 Å². The van der Waals surface area contributed by atoms with E-state index < -0.39 is 0 Å². The van der Waals surface area contributed by atoms with Gasteiger partial charge in [-0.2, -0.15) is 0 Å². The zero-order valence-electron chi connectivity index (χ0n) is 31.0. The Kier molecular flexibility index (Phi) is 7.85. The fraction of sp³-hybridized carbons (Fsp3) is 0.0566.